The molecule has 1 fully saturated rings. The van der Waals surface area contributed by atoms with Gasteiger partial charge in [-0.2, -0.15) is 0 Å². The monoisotopic (exact) mass is 361 g/mol. The van der Waals surface area contributed by atoms with Gasteiger partial charge in [0.2, 0.25) is 0 Å². The summed E-state index contributed by atoms with van der Waals surface area (Å²) in [6.45, 7) is 1.56. The zero-order valence-electron chi connectivity index (χ0n) is 14.3. The fourth-order valence-electron chi connectivity index (χ4n) is 3.79. The molecule has 0 spiro atoms. The summed E-state index contributed by atoms with van der Waals surface area (Å²) in [5, 5.41) is 2.23. The van der Waals surface area contributed by atoms with Gasteiger partial charge in [-0.3, -0.25) is 4.79 Å². The van der Waals surface area contributed by atoms with Gasteiger partial charge in [0, 0.05) is 29.9 Å². The number of amides is 1. The van der Waals surface area contributed by atoms with Crippen molar-refractivity contribution in [2.75, 3.05) is 13.1 Å². The Labute approximate surface area is 155 Å². The smallest absolute Gasteiger partial charge is 0.270 e. The second-order valence-electron chi connectivity index (χ2n) is 6.88. The zero-order valence-corrected chi connectivity index (χ0v) is 15.1. The molecule has 1 aliphatic rings. The topological polar surface area (TPSA) is 49.0 Å². The summed E-state index contributed by atoms with van der Waals surface area (Å²) in [5.74, 6) is 0.418. The molecule has 26 heavy (non-hydrogen) atoms. The van der Waals surface area contributed by atoms with E-state index >= 15 is 0 Å². The molecule has 1 atom stereocenters. The standard InChI is InChI=1S/C21H19N3OS/c25-21(18-12-14-6-1-2-8-16(14)22-18)24-11-5-7-15(13-24)20-23-17-9-3-4-10-19(17)26-20/h1-4,6,8-10,12,15,22H,5,7,11,13H2. The van der Waals surface area contributed by atoms with E-state index in [0.29, 0.717) is 11.6 Å². The number of nitrogens with zero attached hydrogens (tertiary/aromatic N) is 2. The summed E-state index contributed by atoms with van der Waals surface area (Å²) in [6, 6.07) is 18.2. The number of likely N-dealkylation sites (tertiary alicyclic amines) is 1. The Balaban J connectivity index is 1.40. The number of aromatic nitrogens is 2. The van der Waals surface area contributed by atoms with Crippen molar-refractivity contribution in [3.8, 4) is 0 Å². The fourth-order valence-corrected chi connectivity index (χ4v) is 4.88. The van der Waals surface area contributed by atoms with Crippen LogP contribution in [0.1, 0.15) is 34.3 Å². The molecule has 4 aromatic rings. The third kappa shape index (κ3) is 2.69. The van der Waals surface area contributed by atoms with Crippen LogP contribution in [0.15, 0.2) is 54.6 Å². The predicted molar refractivity (Wildman–Crippen MR) is 106 cm³/mol. The van der Waals surface area contributed by atoms with Crippen LogP contribution >= 0.6 is 11.3 Å². The van der Waals surface area contributed by atoms with Gasteiger partial charge in [0.25, 0.3) is 5.91 Å². The van der Waals surface area contributed by atoms with Gasteiger partial charge in [-0.15, -0.1) is 11.3 Å². The number of hydrogen-bond donors (Lipinski definition) is 1. The summed E-state index contributed by atoms with van der Waals surface area (Å²) in [7, 11) is 0. The summed E-state index contributed by atoms with van der Waals surface area (Å²) in [5.41, 5.74) is 2.75. The van der Waals surface area contributed by atoms with Gasteiger partial charge >= 0.3 is 0 Å². The molecule has 4 nitrogen and oxygen atoms in total. The highest BCUT2D eigenvalue weighted by molar-refractivity contribution is 7.18. The Kier molecular flexibility index (Phi) is 3.75. The quantitative estimate of drug-likeness (QED) is 0.558. The largest absolute Gasteiger partial charge is 0.351 e. The Bertz CT molecular complexity index is 1030. The number of para-hydroxylation sites is 2. The first-order valence-electron chi connectivity index (χ1n) is 9.00. The Morgan fingerprint density at radius 2 is 2.00 bits per heavy atom. The van der Waals surface area contributed by atoms with E-state index in [4.69, 9.17) is 4.98 Å². The molecule has 0 aliphatic carbocycles. The van der Waals surface area contributed by atoms with Crippen LogP contribution in [0, 0.1) is 0 Å². The molecular formula is C21H19N3OS. The molecular weight excluding hydrogens is 342 g/mol. The van der Waals surface area contributed by atoms with Crippen LogP contribution < -0.4 is 0 Å². The highest BCUT2D eigenvalue weighted by atomic mass is 32.1. The van der Waals surface area contributed by atoms with E-state index in [1.165, 1.54) is 4.70 Å². The maximum Gasteiger partial charge on any atom is 0.270 e. The van der Waals surface area contributed by atoms with Gasteiger partial charge in [0.15, 0.2) is 0 Å². The zero-order chi connectivity index (χ0) is 17.5. The molecule has 5 rings (SSSR count). The van der Waals surface area contributed by atoms with E-state index in [0.717, 1.165) is 47.4 Å². The number of hydrogen-bond acceptors (Lipinski definition) is 3. The lowest BCUT2D eigenvalue weighted by Gasteiger charge is -2.31. The number of carbonyl (C=O) groups excluding carboxylic acids is 1. The summed E-state index contributed by atoms with van der Waals surface area (Å²) in [6.07, 6.45) is 2.11. The Morgan fingerprint density at radius 1 is 1.15 bits per heavy atom. The van der Waals surface area contributed by atoms with Crippen LogP contribution in [0.3, 0.4) is 0 Å². The average Bonchev–Trinajstić information content (AvgIpc) is 3.31. The van der Waals surface area contributed by atoms with Gasteiger partial charge in [-0.25, -0.2) is 4.98 Å². The highest BCUT2D eigenvalue weighted by Crippen LogP contribution is 2.33. The molecule has 2 aromatic carbocycles. The minimum Gasteiger partial charge on any atom is -0.351 e. The number of H-pyrrole nitrogens is 1. The molecule has 1 amide bonds. The number of nitrogens with one attached hydrogen (secondary N) is 1. The number of benzene rings is 2. The third-order valence-corrected chi connectivity index (χ3v) is 6.33. The molecule has 0 bridgehead atoms. The summed E-state index contributed by atoms with van der Waals surface area (Å²) >= 11 is 1.76. The van der Waals surface area contributed by atoms with Gasteiger partial charge in [0.1, 0.15) is 5.69 Å². The van der Waals surface area contributed by atoms with E-state index in [-0.39, 0.29) is 5.91 Å². The van der Waals surface area contributed by atoms with Crippen molar-refractivity contribution in [1.82, 2.24) is 14.9 Å². The summed E-state index contributed by atoms with van der Waals surface area (Å²) < 4.78 is 1.22. The van der Waals surface area contributed by atoms with Gasteiger partial charge in [0.05, 0.1) is 15.2 Å². The lowest BCUT2D eigenvalue weighted by Crippen LogP contribution is -2.39. The van der Waals surface area contributed by atoms with Gasteiger partial charge in [-0.05, 0) is 37.1 Å². The van der Waals surface area contributed by atoms with E-state index in [1.807, 2.05) is 41.3 Å². The van der Waals surface area contributed by atoms with Crippen LogP contribution in [-0.2, 0) is 0 Å². The normalized spacial score (nSPS) is 17.8. The van der Waals surface area contributed by atoms with Crippen LogP contribution in [0.4, 0.5) is 0 Å². The van der Waals surface area contributed by atoms with Crippen LogP contribution in [-0.4, -0.2) is 33.9 Å². The Morgan fingerprint density at radius 3 is 2.88 bits per heavy atom. The van der Waals surface area contributed by atoms with Crippen molar-refractivity contribution in [3.63, 3.8) is 0 Å². The first-order valence-corrected chi connectivity index (χ1v) is 9.82. The lowest BCUT2D eigenvalue weighted by molar-refractivity contribution is 0.0702. The average molecular weight is 361 g/mol. The molecule has 1 N–H and O–H groups in total. The van der Waals surface area contributed by atoms with E-state index < -0.39 is 0 Å². The molecule has 1 saturated heterocycles. The van der Waals surface area contributed by atoms with E-state index in [2.05, 4.69) is 23.2 Å². The van der Waals surface area contributed by atoms with Crippen LogP contribution in [0.5, 0.6) is 0 Å². The van der Waals surface area contributed by atoms with Crippen molar-refractivity contribution < 1.29 is 4.79 Å². The number of rotatable bonds is 2. The van der Waals surface area contributed by atoms with Crippen molar-refractivity contribution in [2.24, 2.45) is 0 Å². The SMILES string of the molecule is O=C(c1cc2ccccc2[nH]1)N1CCCC(c2nc3ccccc3s2)C1. The molecule has 5 heteroatoms. The first kappa shape index (κ1) is 15.6. The van der Waals surface area contributed by atoms with Crippen LogP contribution in [0.2, 0.25) is 0 Å². The molecule has 3 heterocycles. The minimum absolute atomic E-state index is 0.0898. The van der Waals surface area contributed by atoms with Crippen molar-refractivity contribution in [1.29, 1.82) is 0 Å². The lowest BCUT2D eigenvalue weighted by atomic mass is 9.98. The fraction of sp³-hybridized carbons (Fsp3) is 0.238. The number of aromatic amines is 1. The highest BCUT2D eigenvalue weighted by Gasteiger charge is 2.28. The second kappa shape index (κ2) is 6.25. The molecule has 130 valence electrons. The predicted octanol–water partition coefficient (Wildman–Crippen LogP) is 4.80. The number of fused-ring (bicyclic) bond motifs is 2. The van der Waals surface area contributed by atoms with Crippen molar-refractivity contribution in [2.45, 2.75) is 18.8 Å². The van der Waals surface area contributed by atoms with Gasteiger partial charge < -0.3 is 9.88 Å². The Hall–Kier alpha value is -2.66. The molecule has 2 aromatic heterocycles. The number of piperidine rings is 1. The maximum absolute atomic E-state index is 13.0. The van der Waals surface area contributed by atoms with Crippen molar-refractivity contribution in [3.05, 3.63) is 65.3 Å². The molecule has 0 radical (unpaired) electrons. The van der Waals surface area contributed by atoms with E-state index in [9.17, 15) is 4.79 Å². The van der Waals surface area contributed by atoms with Crippen LogP contribution in [0.25, 0.3) is 21.1 Å². The molecule has 1 unspecified atom stereocenters. The van der Waals surface area contributed by atoms with E-state index in [1.54, 1.807) is 11.3 Å². The van der Waals surface area contributed by atoms with Crippen molar-refractivity contribution >= 4 is 38.4 Å². The number of thiazole rings is 1. The first-order chi connectivity index (χ1) is 12.8. The third-order valence-electron chi connectivity index (χ3n) is 5.13. The second-order valence-corrected chi connectivity index (χ2v) is 7.94. The minimum atomic E-state index is 0.0898. The number of carbonyl (C=O) groups is 1. The molecule has 0 saturated carbocycles. The maximum atomic E-state index is 13.0. The summed E-state index contributed by atoms with van der Waals surface area (Å²) in [4.78, 5) is 23.0. The molecule has 1 aliphatic heterocycles. The van der Waals surface area contributed by atoms with Gasteiger partial charge in [-0.1, -0.05) is 30.3 Å².